The van der Waals surface area contributed by atoms with Gasteiger partial charge in [-0.25, -0.2) is 0 Å². The number of hydrogen-bond donors (Lipinski definition) is 1. The van der Waals surface area contributed by atoms with E-state index in [0.29, 0.717) is 12.3 Å². The van der Waals surface area contributed by atoms with Crippen LogP contribution in [0.1, 0.15) is 31.7 Å². The molecule has 0 amide bonds. The first kappa shape index (κ1) is 16.0. The quantitative estimate of drug-likeness (QED) is 0.782. The number of rotatable bonds is 7. The van der Waals surface area contributed by atoms with Gasteiger partial charge in [-0.1, -0.05) is 37.1 Å². The van der Waals surface area contributed by atoms with Crippen molar-refractivity contribution >= 4 is 17.6 Å². The van der Waals surface area contributed by atoms with Gasteiger partial charge in [-0.05, 0) is 42.9 Å². The summed E-state index contributed by atoms with van der Waals surface area (Å²) in [6.07, 6.45) is 3.63. The molecule has 4 heteroatoms. The Bertz CT molecular complexity index is 409. The van der Waals surface area contributed by atoms with Gasteiger partial charge in [-0.2, -0.15) is 0 Å². The van der Waals surface area contributed by atoms with E-state index in [0.717, 1.165) is 24.3 Å². The van der Waals surface area contributed by atoms with Gasteiger partial charge in [0.15, 0.2) is 0 Å². The zero-order valence-electron chi connectivity index (χ0n) is 11.6. The molecule has 0 spiro atoms. The van der Waals surface area contributed by atoms with E-state index in [1.807, 2.05) is 18.2 Å². The predicted molar refractivity (Wildman–Crippen MR) is 78.2 cm³/mol. The summed E-state index contributed by atoms with van der Waals surface area (Å²) in [4.78, 5) is 11.3. The highest BCUT2D eigenvalue weighted by Gasteiger charge is 2.18. The summed E-state index contributed by atoms with van der Waals surface area (Å²) in [5, 5.41) is 0.761. The molecule has 0 aliphatic heterocycles. The van der Waals surface area contributed by atoms with Gasteiger partial charge in [-0.15, -0.1) is 0 Å². The van der Waals surface area contributed by atoms with Crippen molar-refractivity contribution in [3.05, 3.63) is 34.9 Å². The Kier molecular flexibility index (Phi) is 6.89. The van der Waals surface area contributed by atoms with Crippen LogP contribution in [-0.4, -0.2) is 19.1 Å². The number of halogens is 1. The molecule has 2 N–H and O–H groups in total. The number of hydrogen-bond acceptors (Lipinski definition) is 3. The van der Waals surface area contributed by atoms with E-state index in [2.05, 4.69) is 17.7 Å². The molecule has 0 fully saturated rings. The van der Waals surface area contributed by atoms with Crippen molar-refractivity contribution in [1.29, 1.82) is 0 Å². The zero-order chi connectivity index (χ0) is 14.3. The maximum Gasteiger partial charge on any atom is 0.322 e. The molecule has 0 aliphatic carbocycles. The van der Waals surface area contributed by atoms with Crippen molar-refractivity contribution in [2.45, 2.75) is 38.6 Å². The Morgan fingerprint density at radius 2 is 2.21 bits per heavy atom. The monoisotopic (exact) mass is 283 g/mol. The molecule has 0 aliphatic rings. The molecule has 106 valence electrons. The summed E-state index contributed by atoms with van der Waals surface area (Å²) < 4.78 is 4.65. The van der Waals surface area contributed by atoms with Crippen LogP contribution in [0.4, 0.5) is 0 Å². The minimum Gasteiger partial charge on any atom is -0.468 e. The molecule has 3 nitrogen and oxygen atoms in total. The maximum absolute atomic E-state index is 11.3. The van der Waals surface area contributed by atoms with Gasteiger partial charge in [0.2, 0.25) is 0 Å². The lowest BCUT2D eigenvalue weighted by atomic mass is 9.91. The summed E-state index contributed by atoms with van der Waals surface area (Å²) >= 11 is 5.96. The second-order valence-corrected chi connectivity index (χ2v) is 5.24. The van der Waals surface area contributed by atoms with Crippen LogP contribution in [0.25, 0.3) is 0 Å². The topological polar surface area (TPSA) is 52.3 Å². The highest BCUT2D eigenvalue weighted by molar-refractivity contribution is 6.30. The molecule has 0 aromatic heterocycles. The number of methoxy groups -OCH3 is 1. The molecule has 2 unspecified atom stereocenters. The fraction of sp³-hybridized carbons (Fsp3) is 0.533. The first-order chi connectivity index (χ1) is 9.06. The van der Waals surface area contributed by atoms with Crippen molar-refractivity contribution in [2.24, 2.45) is 11.7 Å². The maximum atomic E-state index is 11.3. The number of carbonyl (C=O) groups is 1. The van der Waals surface area contributed by atoms with Gasteiger partial charge in [0, 0.05) is 5.02 Å². The summed E-state index contributed by atoms with van der Waals surface area (Å²) in [5.74, 6) is 0.0919. The first-order valence-electron chi connectivity index (χ1n) is 6.64. The Morgan fingerprint density at radius 1 is 1.47 bits per heavy atom. The highest BCUT2D eigenvalue weighted by Crippen LogP contribution is 2.20. The number of carbonyl (C=O) groups excluding carboxylic acids is 1. The Labute approximate surface area is 120 Å². The minimum atomic E-state index is -0.519. The van der Waals surface area contributed by atoms with Crippen LogP contribution >= 0.6 is 11.6 Å². The summed E-state index contributed by atoms with van der Waals surface area (Å²) in [5.41, 5.74) is 7.02. The third-order valence-electron chi connectivity index (χ3n) is 3.40. The van der Waals surface area contributed by atoms with E-state index < -0.39 is 6.04 Å². The first-order valence-corrected chi connectivity index (χ1v) is 7.02. The largest absolute Gasteiger partial charge is 0.468 e. The number of nitrogens with two attached hydrogens (primary N) is 1. The van der Waals surface area contributed by atoms with Crippen molar-refractivity contribution in [2.75, 3.05) is 7.11 Å². The smallest absolute Gasteiger partial charge is 0.322 e. The van der Waals surface area contributed by atoms with Crippen LogP contribution in [0.2, 0.25) is 5.02 Å². The number of aryl methyl sites for hydroxylation is 1. The van der Waals surface area contributed by atoms with E-state index in [1.165, 1.54) is 12.7 Å². The second kappa shape index (κ2) is 8.18. The van der Waals surface area contributed by atoms with E-state index in [-0.39, 0.29) is 5.97 Å². The number of ether oxygens (including phenoxy) is 1. The second-order valence-electron chi connectivity index (χ2n) is 4.81. The standard InChI is InChI=1S/C15H22ClNO2/c1-3-11(10-14(17)15(18)19-2)7-8-12-5-4-6-13(16)9-12/h4-6,9,11,14H,3,7-8,10,17H2,1-2H3. The molecule has 1 aromatic rings. The van der Waals surface area contributed by atoms with Gasteiger partial charge < -0.3 is 10.5 Å². The zero-order valence-corrected chi connectivity index (χ0v) is 12.3. The third-order valence-corrected chi connectivity index (χ3v) is 3.63. The molecule has 0 heterocycles. The molecule has 1 aromatic carbocycles. The van der Waals surface area contributed by atoms with Gasteiger partial charge in [0.1, 0.15) is 6.04 Å². The minimum absolute atomic E-state index is 0.332. The van der Waals surface area contributed by atoms with Crippen LogP contribution in [0.3, 0.4) is 0 Å². The van der Waals surface area contributed by atoms with Crippen LogP contribution < -0.4 is 5.73 Å². The molecular weight excluding hydrogens is 262 g/mol. The summed E-state index contributed by atoms with van der Waals surface area (Å²) in [6, 6.07) is 7.36. The van der Waals surface area contributed by atoms with Crippen molar-refractivity contribution in [3.8, 4) is 0 Å². The average Bonchev–Trinajstić information content (AvgIpc) is 2.42. The van der Waals surface area contributed by atoms with Gasteiger partial charge in [0.05, 0.1) is 7.11 Å². The van der Waals surface area contributed by atoms with Crippen molar-refractivity contribution in [1.82, 2.24) is 0 Å². The van der Waals surface area contributed by atoms with E-state index in [9.17, 15) is 4.79 Å². The van der Waals surface area contributed by atoms with Gasteiger partial charge in [-0.3, -0.25) is 4.79 Å². The fourth-order valence-corrected chi connectivity index (χ4v) is 2.37. The molecule has 0 bridgehead atoms. The van der Waals surface area contributed by atoms with Crippen molar-refractivity contribution < 1.29 is 9.53 Å². The van der Waals surface area contributed by atoms with Crippen LogP contribution in [-0.2, 0) is 16.0 Å². The van der Waals surface area contributed by atoms with Crippen molar-refractivity contribution in [3.63, 3.8) is 0 Å². The molecule has 19 heavy (non-hydrogen) atoms. The lowest BCUT2D eigenvalue weighted by Crippen LogP contribution is -2.33. The van der Waals surface area contributed by atoms with Crippen LogP contribution in [0.15, 0.2) is 24.3 Å². The summed E-state index contributed by atoms with van der Waals surface area (Å²) in [7, 11) is 1.37. The number of benzene rings is 1. The fourth-order valence-electron chi connectivity index (χ4n) is 2.16. The Balaban J connectivity index is 2.46. The predicted octanol–water partition coefficient (Wildman–Crippen LogP) is 3.19. The van der Waals surface area contributed by atoms with E-state index >= 15 is 0 Å². The SMILES string of the molecule is CCC(CCc1cccc(Cl)c1)CC(N)C(=O)OC. The van der Waals surface area contributed by atoms with E-state index in [4.69, 9.17) is 17.3 Å². The number of esters is 1. The molecule has 0 saturated carbocycles. The highest BCUT2D eigenvalue weighted by atomic mass is 35.5. The normalized spacial score (nSPS) is 13.9. The van der Waals surface area contributed by atoms with Gasteiger partial charge >= 0.3 is 5.97 Å². The van der Waals surface area contributed by atoms with E-state index in [1.54, 1.807) is 0 Å². The summed E-state index contributed by atoms with van der Waals surface area (Å²) in [6.45, 7) is 2.12. The lowest BCUT2D eigenvalue weighted by molar-refractivity contribution is -0.142. The Hall–Kier alpha value is -1.06. The average molecular weight is 284 g/mol. The lowest BCUT2D eigenvalue weighted by Gasteiger charge is -2.18. The van der Waals surface area contributed by atoms with Gasteiger partial charge in [0.25, 0.3) is 0 Å². The Morgan fingerprint density at radius 3 is 2.79 bits per heavy atom. The molecule has 2 atom stereocenters. The third kappa shape index (κ3) is 5.62. The molecule has 0 saturated heterocycles. The van der Waals surface area contributed by atoms with Crippen LogP contribution in [0, 0.1) is 5.92 Å². The molecule has 1 rings (SSSR count). The molecular formula is C15H22ClNO2. The molecule has 0 radical (unpaired) electrons. The van der Waals surface area contributed by atoms with Crippen LogP contribution in [0.5, 0.6) is 0 Å².